The third kappa shape index (κ3) is 3.27. The topological polar surface area (TPSA) is 36.4 Å². The van der Waals surface area contributed by atoms with Gasteiger partial charge in [-0.25, -0.2) is 0 Å². The minimum Gasteiger partial charge on any atom is -0.342 e. The molecule has 1 aromatic heterocycles. The number of carbonyl (C=O) groups is 1. The quantitative estimate of drug-likeness (QED) is 0.857. The Morgan fingerprint density at radius 1 is 1.09 bits per heavy atom. The predicted molar refractivity (Wildman–Crippen MR) is 89.7 cm³/mol. The van der Waals surface area contributed by atoms with E-state index in [4.69, 9.17) is 0 Å². The van der Waals surface area contributed by atoms with Crippen molar-refractivity contribution in [1.82, 2.24) is 14.8 Å². The molecule has 0 N–H and O–H groups in total. The number of pyridine rings is 1. The molecule has 3 aliphatic rings. The maximum atomic E-state index is 13.0. The fraction of sp³-hybridized carbons (Fsp3) is 0.684. The van der Waals surface area contributed by atoms with Crippen LogP contribution in [-0.2, 0) is 11.3 Å². The number of amides is 1. The van der Waals surface area contributed by atoms with Gasteiger partial charge in [0.25, 0.3) is 0 Å². The van der Waals surface area contributed by atoms with Crippen LogP contribution in [0.3, 0.4) is 0 Å². The molecule has 1 aliphatic carbocycles. The van der Waals surface area contributed by atoms with Gasteiger partial charge in [-0.2, -0.15) is 0 Å². The van der Waals surface area contributed by atoms with Gasteiger partial charge in [0.15, 0.2) is 0 Å². The molecule has 1 amide bonds. The summed E-state index contributed by atoms with van der Waals surface area (Å²) in [5, 5.41) is 0. The Morgan fingerprint density at radius 2 is 1.87 bits per heavy atom. The first-order valence-corrected chi connectivity index (χ1v) is 9.16. The van der Waals surface area contributed by atoms with Gasteiger partial charge < -0.3 is 4.90 Å². The molecule has 124 valence electrons. The van der Waals surface area contributed by atoms with Crippen molar-refractivity contribution in [3.63, 3.8) is 0 Å². The van der Waals surface area contributed by atoms with Crippen LogP contribution in [0.4, 0.5) is 0 Å². The fourth-order valence-corrected chi connectivity index (χ4v) is 4.30. The van der Waals surface area contributed by atoms with Crippen LogP contribution in [-0.4, -0.2) is 46.9 Å². The molecule has 4 rings (SSSR count). The van der Waals surface area contributed by atoms with Crippen LogP contribution in [0.2, 0.25) is 0 Å². The van der Waals surface area contributed by atoms with E-state index in [1.807, 2.05) is 12.4 Å². The van der Waals surface area contributed by atoms with Crippen LogP contribution in [0.5, 0.6) is 0 Å². The van der Waals surface area contributed by atoms with Crippen LogP contribution in [0.15, 0.2) is 24.5 Å². The van der Waals surface area contributed by atoms with Crippen LogP contribution in [0, 0.1) is 11.3 Å². The van der Waals surface area contributed by atoms with Gasteiger partial charge >= 0.3 is 0 Å². The lowest BCUT2D eigenvalue weighted by molar-refractivity contribution is -0.136. The third-order valence-electron chi connectivity index (χ3n) is 5.97. The molecule has 23 heavy (non-hydrogen) atoms. The normalized spacial score (nSPS) is 29.2. The second kappa shape index (κ2) is 6.23. The lowest BCUT2D eigenvalue weighted by atomic mass is 9.79. The van der Waals surface area contributed by atoms with Gasteiger partial charge in [0.1, 0.15) is 0 Å². The first kappa shape index (κ1) is 15.1. The van der Waals surface area contributed by atoms with E-state index in [2.05, 4.69) is 26.9 Å². The van der Waals surface area contributed by atoms with E-state index in [1.54, 1.807) is 0 Å². The van der Waals surface area contributed by atoms with Crippen LogP contribution in [0.25, 0.3) is 0 Å². The smallest absolute Gasteiger partial charge is 0.228 e. The summed E-state index contributed by atoms with van der Waals surface area (Å²) in [4.78, 5) is 21.7. The summed E-state index contributed by atoms with van der Waals surface area (Å²) >= 11 is 0. The molecule has 0 bridgehead atoms. The molecule has 3 heterocycles. The maximum Gasteiger partial charge on any atom is 0.228 e. The summed E-state index contributed by atoms with van der Waals surface area (Å²) in [5.41, 5.74) is 1.28. The van der Waals surface area contributed by atoms with E-state index in [0.29, 0.717) is 5.91 Å². The maximum absolute atomic E-state index is 13.0. The lowest BCUT2D eigenvalue weighted by Crippen LogP contribution is -2.36. The number of rotatable bonds is 4. The van der Waals surface area contributed by atoms with Crippen molar-refractivity contribution >= 4 is 5.91 Å². The molecule has 0 aromatic carbocycles. The second-order valence-corrected chi connectivity index (χ2v) is 7.71. The van der Waals surface area contributed by atoms with E-state index in [0.717, 1.165) is 64.3 Å². The standard InChI is InChI=1S/C19H27N3O/c23-18-19(8-13-22(18)15-16-2-3-16)6-1-11-21(12-7-19)14-17-4-9-20-10-5-17/h4-5,9-10,16H,1-3,6-8,11-15H2/t19-/m1/s1. The van der Waals surface area contributed by atoms with E-state index in [1.165, 1.54) is 18.4 Å². The van der Waals surface area contributed by atoms with Gasteiger partial charge in [0.05, 0.1) is 5.41 Å². The lowest BCUT2D eigenvalue weighted by Gasteiger charge is -2.27. The molecule has 4 heteroatoms. The SMILES string of the molecule is O=C1N(CC2CC2)CC[C@]12CCCN(Cc1ccncc1)CC2. The Balaban J connectivity index is 1.38. The van der Waals surface area contributed by atoms with Gasteiger partial charge in [0, 0.05) is 32.0 Å². The Hall–Kier alpha value is -1.42. The predicted octanol–water partition coefficient (Wildman–Crippen LogP) is 2.70. The Morgan fingerprint density at radius 3 is 2.65 bits per heavy atom. The highest BCUT2D eigenvalue weighted by molar-refractivity contribution is 5.85. The highest BCUT2D eigenvalue weighted by Crippen LogP contribution is 2.43. The van der Waals surface area contributed by atoms with E-state index >= 15 is 0 Å². The highest BCUT2D eigenvalue weighted by atomic mass is 16.2. The number of carbonyl (C=O) groups excluding carboxylic acids is 1. The van der Waals surface area contributed by atoms with Gasteiger partial charge in [-0.05, 0) is 75.2 Å². The largest absolute Gasteiger partial charge is 0.342 e. The number of nitrogens with zero attached hydrogens (tertiary/aromatic N) is 3. The minimum atomic E-state index is -0.0398. The number of hydrogen-bond acceptors (Lipinski definition) is 3. The molecule has 2 aliphatic heterocycles. The average Bonchev–Trinajstić information content (AvgIpc) is 3.36. The van der Waals surface area contributed by atoms with Crippen molar-refractivity contribution in [2.24, 2.45) is 11.3 Å². The minimum absolute atomic E-state index is 0.0398. The average molecular weight is 313 g/mol. The van der Waals surface area contributed by atoms with Crippen LogP contribution < -0.4 is 0 Å². The summed E-state index contributed by atoms with van der Waals surface area (Å²) in [6.07, 6.45) is 10.7. The van der Waals surface area contributed by atoms with Gasteiger partial charge in [-0.1, -0.05) is 0 Å². The zero-order valence-electron chi connectivity index (χ0n) is 13.9. The van der Waals surface area contributed by atoms with E-state index < -0.39 is 0 Å². The molecule has 3 fully saturated rings. The molecule has 0 radical (unpaired) electrons. The van der Waals surface area contributed by atoms with Gasteiger partial charge in [-0.3, -0.25) is 14.7 Å². The van der Waals surface area contributed by atoms with Crippen molar-refractivity contribution in [1.29, 1.82) is 0 Å². The molecule has 1 atom stereocenters. The summed E-state index contributed by atoms with van der Waals surface area (Å²) < 4.78 is 0. The van der Waals surface area contributed by atoms with Crippen molar-refractivity contribution < 1.29 is 4.79 Å². The molecule has 4 nitrogen and oxygen atoms in total. The zero-order chi connectivity index (χ0) is 15.7. The summed E-state index contributed by atoms with van der Waals surface area (Å²) in [6.45, 7) is 5.17. The molecule has 2 saturated heterocycles. The monoisotopic (exact) mass is 313 g/mol. The Kier molecular flexibility index (Phi) is 4.10. The first-order chi connectivity index (χ1) is 11.3. The molecule has 0 unspecified atom stereocenters. The summed E-state index contributed by atoms with van der Waals surface area (Å²) in [7, 11) is 0. The number of hydrogen-bond donors (Lipinski definition) is 0. The number of aromatic nitrogens is 1. The summed E-state index contributed by atoms with van der Waals surface area (Å²) in [5.74, 6) is 1.28. The summed E-state index contributed by atoms with van der Waals surface area (Å²) in [6, 6.07) is 4.19. The third-order valence-corrected chi connectivity index (χ3v) is 5.97. The Bertz CT molecular complexity index is 557. The van der Waals surface area contributed by atoms with Crippen molar-refractivity contribution in [3.05, 3.63) is 30.1 Å². The van der Waals surface area contributed by atoms with Gasteiger partial charge in [-0.15, -0.1) is 0 Å². The van der Waals surface area contributed by atoms with Crippen LogP contribution >= 0.6 is 0 Å². The van der Waals surface area contributed by atoms with E-state index in [9.17, 15) is 4.79 Å². The van der Waals surface area contributed by atoms with Crippen LogP contribution in [0.1, 0.15) is 44.1 Å². The molecular formula is C19H27N3O. The fourth-order valence-electron chi connectivity index (χ4n) is 4.30. The van der Waals surface area contributed by atoms with Crippen molar-refractivity contribution in [2.75, 3.05) is 26.2 Å². The van der Waals surface area contributed by atoms with Gasteiger partial charge in [0.2, 0.25) is 5.91 Å². The first-order valence-electron chi connectivity index (χ1n) is 9.16. The van der Waals surface area contributed by atoms with Crippen molar-refractivity contribution in [3.8, 4) is 0 Å². The van der Waals surface area contributed by atoms with E-state index in [-0.39, 0.29) is 5.41 Å². The molecule has 1 aromatic rings. The Labute approximate surface area is 138 Å². The molecule has 1 spiro atoms. The molecule has 1 saturated carbocycles. The number of likely N-dealkylation sites (tertiary alicyclic amines) is 2. The molecular weight excluding hydrogens is 286 g/mol. The zero-order valence-corrected chi connectivity index (χ0v) is 13.9. The highest BCUT2D eigenvalue weighted by Gasteiger charge is 2.47. The second-order valence-electron chi connectivity index (χ2n) is 7.71. The van der Waals surface area contributed by atoms with Crippen molar-refractivity contribution in [2.45, 2.75) is 45.1 Å².